The van der Waals surface area contributed by atoms with Gasteiger partial charge in [0.1, 0.15) is 4.90 Å². The lowest BCUT2D eigenvalue weighted by atomic mass is 10.1. The predicted molar refractivity (Wildman–Crippen MR) is 81.8 cm³/mol. The van der Waals surface area contributed by atoms with Crippen molar-refractivity contribution >= 4 is 10.0 Å². The summed E-state index contributed by atoms with van der Waals surface area (Å²) in [6.07, 6.45) is 7.67. The van der Waals surface area contributed by atoms with Crippen molar-refractivity contribution < 1.29 is 13.2 Å². The minimum atomic E-state index is -3.52. The molecule has 8 heteroatoms. The summed E-state index contributed by atoms with van der Waals surface area (Å²) in [6, 6.07) is 0.169. The highest BCUT2D eigenvalue weighted by Gasteiger charge is 2.31. The Balaban J connectivity index is 1.71. The molecule has 2 heterocycles. The van der Waals surface area contributed by atoms with Crippen LogP contribution in [0.15, 0.2) is 17.3 Å². The van der Waals surface area contributed by atoms with Crippen LogP contribution >= 0.6 is 0 Å². The lowest BCUT2D eigenvalue weighted by molar-refractivity contribution is 0.0662. The minimum Gasteiger partial charge on any atom is -0.381 e. The molecule has 3 N–H and O–H groups in total. The summed E-state index contributed by atoms with van der Waals surface area (Å²) in [5, 5.41) is 4.24. The first-order valence-corrected chi connectivity index (χ1v) is 9.43. The van der Waals surface area contributed by atoms with E-state index in [1.165, 1.54) is 6.20 Å². The summed E-state index contributed by atoms with van der Waals surface area (Å²) in [7, 11) is -3.52. The number of aromatic nitrogens is 2. The molecule has 22 heavy (non-hydrogen) atoms. The van der Waals surface area contributed by atoms with E-state index < -0.39 is 10.0 Å². The average molecular weight is 328 g/mol. The maximum absolute atomic E-state index is 12.5. The molecular weight excluding hydrogens is 304 g/mol. The van der Waals surface area contributed by atoms with Gasteiger partial charge in [-0.3, -0.25) is 4.68 Å². The Morgan fingerprint density at radius 3 is 2.82 bits per heavy atom. The molecule has 1 aromatic rings. The zero-order valence-electron chi connectivity index (χ0n) is 12.6. The zero-order chi connectivity index (χ0) is 15.6. The predicted octanol–water partition coefficient (Wildman–Crippen LogP) is 0.640. The van der Waals surface area contributed by atoms with Gasteiger partial charge >= 0.3 is 0 Å². The topological polar surface area (TPSA) is 99.2 Å². The van der Waals surface area contributed by atoms with Gasteiger partial charge in [0.2, 0.25) is 10.0 Å². The average Bonchev–Trinajstić information content (AvgIpc) is 3.17. The molecule has 0 bridgehead atoms. The molecule has 2 aliphatic rings. The Hall–Kier alpha value is -0.960. The van der Waals surface area contributed by atoms with Crippen LogP contribution in [-0.2, 0) is 14.8 Å². The number of nitrogens with one attached hydrogen (secondary N) is 1. The van der Waals surface area contributed by atoms with Crippen LogP contribution in [0.5, 0.6) is 0 Å². The fraction of sp³-hybridized carbons (Fsp3) is 0.786. The van der Waals surface area contributed by atoms with E-state index in [1.54, 1.807) is 10.9 Å². The number of rotatable bonds is 5. The Labute approximate surface area is 131 Å². The Morgan fingerprint density at radius 2 is 2.09 bits per heavy atom. The molecule has 1 saturated carbocycles. The third-order valence-corrected chi connectivity index (χ3v) is 6.17. The SMILES string of the molecule is NC[C@H]1CCC[C@H]1NS(=O)(=O)c1cnn(C2CCOCC2)c1. The fourth-order valence-electron chi connectivity index (χ4n) is 3.35. The van der Waals surface area contributed by atoms with E-state index in [9.17, 15) is 8.42 Å². The second-order valence-corrected chi connectivity index (χ2v) is 7.87. The number of nitrogens with zero attached hydrogens (tertiary/aromatic N) is 2. The van der Waals surface area contributed by atoms with Crippen molar-refractivity contribution in [3.63, 3.8) is 0 Å². The van der Waals surface area contributed by atoms with Gasteiger partial charge in [0.05, 0.1) is 12.2 Å². The van der Waals surface area contributed by atoms with Crippen LogP contribution in [0.4, 0.5) is 0 Å². The molecule has 0 amide bonds. The van der Waals surface area contributed by atoms with E-state index >= 15 is 0 Å². The van der Waals surface area contributed by atoms with Gasteiger partial charge in [-0.25, -0.2) is 13.1 Å². The lowest BCUT2D eigenvalue weighted by Crippen LogP contribution is -2.39. The van der Waals surface area contributed by atoms with Crippen molar-refractivity contribution in [3.8, 4) is 0 Å². The third-order valence-electron chi connectivity index (χ3n) is 4.72. The van der Waals surface area contributed by atoms with E-state index in [-0.39, 0.29) is 22.9 Å². The maximum Gasteiger partial charge on any atom is 0.243 e. The molecule has 7 nitrogen and oxygen atoms in total. The molecule has 1 saturated heterocycles. The number of hydrogen-bond donors (Lipinski definition) is 2. The van der Waals surface area contributed by atoms with Gasteiger partial charge in [-0.15, -0.1) is 0 Å². The molecule has 0 radical (unpaired) electrons. The number of sulfonamides is 1. The molecule has 3 rings (SSSR count). The van der Waals surface area contributed by atoms with Gasteiger partial charge in [0.15, 0.2) is 0 Å². The first kappa shape index (κ1) is 15.9. The minimum absolute atomic E-state index is 0.0542. The smallest absolute Gasteiger partial charge is 0.243 e. The van der Waals surface area contributed by atoms with Crippen molar-refractivity contribution in [3.05, 3.63) is 12.4 Å². The molecule has 2 fully saturated rings. The van der Waals surface area contributed by atoms with Crippen LogP contribution in [0.3, 0.4) is 0 Å². The standard InChI is InChI=1S/C14H24N4O3S/c15-8-11-2-1-3-14(11)17-22(19,20)13-9-16-18(10-13)12-4-6-21-7-5-12/h9-12,14,17H,1-8,15H2/t11-,14-/m1/s1. The largest absolute Gasteiger partial charge is 0.381 e. The number of hydrogen-bond acceptors (Lipinski definition) is 5. The van der Waals surface area contributed by atoms with Gasteiger partial charge in [-0.2, -0.15) is 5.10 Å². The molecular formula is C14H24N4O3S. The third kappa shape index (κ3) is 3.34. The first-order valence-electron chi connectivity index (χ1n) is 7.94. The quantitative estimate of drug-likeness (QED) is 0.826. The highest BCUT2D eigenvalue weighted by atomic mass is 32.2. The normalized spacial score (nSPS) is 27.3. The monoisotopic (exact) mass is 328 g/mol. The molecule has 1 aliphatic carbocycles. The van der Waals surface area contributed by atoms with Crippen molar-refractivity contribution in [2.75, 3.05) is 19.8 Å². The van der Waals surface area contributed by atoms with Crippen molar-refractivity contribution in [1.82, 2.24) is 14.5 Å². The second-order valence-electron chi connectivity index (χ2n) is 6.15. The van der Waals surface area contributed by atoms with Gasteiger partial charge < -0.3 is 10.5 Å². The molecule has 0 aromatic carbocycles. The summed E-state index contributed by atoms with van der Waals surface area (Å²) in [5.74, 6) is 0.236. The Kier molecular flexibility index (Phi) is 4.82. The van der Waals surface area contributed by atoms with Gasteiger partial charge in [0, 0.05) is 25.5 Å². The maximum atomic E-state index is 12.5. The van der Waals surface area contributed by atoms with Gasteiger partial charge in [-0.05, 0) is 38.1 Å². The van der Waals surface area contributed by atoms with E-state index in [2.05, 4.69) is 9.82 Å². The molecule has 124 valence electrons. The second kappa shape index (κ2) is 6.66. The molecule has 0 spiro atoms. The van der Waals surface area contributed by atoms with Crippen LogP contribution in [0.1, 0.15) is 38.1 Å². The molecule has 2 atom stereocenters. The molecule has 0 unspecified atom stereocenters. The Bertz CT molecular complexity index is 595. The van der Waals surface area contributed by atoms with E-state index in [0.29, 0.717) is 19.8 Å². The van der Waals surface area contributed by atoms with Crippen LogP contribution in [0.25, 0.3) is 0 Å². The van der Waals surface area contributed by atoms with Crippen LogP contribution in [0.2, 0.25) is 0 Å². The zero-order valence-corrected chi connectivity index (χ0v) is 13.5. The highest BCUT2D eigenvalue weighted by Crippen LogP contribution is 2.27. The van der Waals surface area contributed by atoms with Crippen molar-refractivity contribution in [1.29, 1.82) is 0 Å². The first-order chi connectivity index (χ1) is 10.6. The summed E-state index contributed by atoms with van der Waals surface area (Å²) in [5.41, 5.74) is 5.72. The number of ether oxygens (including phenoxy) is 1. The summed E-state index contributed by atoms with van der Waals surface area (Å²) < 4.78 is 34.9. The van der Waals surface area contributed by atoms with E-state index in [1.807, 2.05) is 0 Å². The highest BCUT2D eigenvalue weighted by molar-refractivity contribution is 7.89. The fourth-order valence-corrected chi connectivity index (χ4v) is 4.63. The molecule has 1 aromatic heterocycles. The Morgan fingerprint density at radius 1 is 1.32 bits per heavy atom. The van der Waals surface area contributed by atoms with E-state index in [4.69, 9.17) is 10.5 Å². The van der Waals surface area contributed by atoms with Crippen molar-refractivity contribution in [2.24, 2.45) is 11.7 Å². The summed E-state index contributed by atoms with van der Waals surface area (Å²) in [6.45, 7) is 1.92. The van der Waals surface area contributed by atoms with Crippen LogP contribution in [0, 0.1) is 5.92 Å². The van der Waals surface area contributed by atoms with Crippen molar-refractivity contribution in [2.45, 2.75) is 49.1 Å². The van der Waals surface area contributed by atoms with E-state index in [0.717, 1.165) is 32.1 Å². The van der Waals surface area contributed by atoms with Gasteiger partial charge in [0.25, 0.3) is 0 Å². The lowest BCUT2D eigenvalue weighted by Gasteiger charge is -2.22. The van der Waals surface area contributed by atoms with Crippen LogP contribution in [-0.4, -0.2) is 44.0 Å². The number of nitrogens with two attached hydrogens (primary N) is 1. The summed E-state index contributed by atoms with van der Waals surface area (Å²) in [4.78, 5) is 0.238. The van der Waals surface area contributed by atoms with Crippen LogP contribution < -0.4 is 10.5 Å². The van der Waals surface area contributed by atoms with Gasteiger partial charge in [-0.1, -0.05) is 6.42 Å². The summed E-state index contributed by atoms with van der Waals surface area (Å²) >= 11 is 0. The molecule has 1 aliphatic heterocycles.